The van der Waals surface area contributed by atoms with Crippen LogP contribution in [0.5, 0.6) is 0 Å². The summed E-state index contributed by atoms with van der Waals surface area (Å²) in [5.74, 6) is -0.574. The summed E-state index contributed by atoms with van der Waals surface area (Å²) in [6.07, 6.45) is 2.18. The molecule has 0 radical (unpaired) electrons. The first-order chi connectivity index (χ1) is 9.00. The molecule has 110 valence electrons. The van der Waals surface area contributed by atoms with Crippen molar-refractivity contribution >= 4 is 12.0 Å². The lowest BCUT2D eigenvalue weighted by atomic mass is 10.00. The lowest BCUT2D eigenvalue weighted by Gasteiger charge is -2.27. The highest BCUT2D eigenvalue weighted by Crippen LogP contribution is 2.15. The normalized spacial score (nSPS) is 17.8. The summed E-state index contributed by atoms with van der Waals surface area (Å²) >= 11 is 0. The molecule has 2 amide bonds. The van der Waals surface area contributed by atoms with Crippen molar-refractivity contribution in [2.24, 2.45) is 11.7 Å². The zero-order valence-corrected chi connectivity index (χ0v) is 11.3. The van der Waals surface area contributed by atoms with Crippen molar-refractivity contribution in [2.45, 2.75) is 25.3 Å². The van der Waals surface area contributed by atoms with Gasteiger partial charge in [0.1, 0.15) is 6.04 Å². The average Bonchev–Trinajstić information content (AvgIpc) is 2.39. The number of carbonyl (C=O) groups is 2. The number of hydrogen-bond donors (Lipinski definition) is 3. The molecule has 0 saturated carbocycles. The van der Waals surface area contributed by atoms with Crippen LogP contribution in [0, 0.1) is 5.92 Å². The molecule has 1 fully saturated rings. The van der Waals surface area contributed by atoms with Gasteiger partial charge < -0.3 is 25.8 Å². The lowest BCUT2D eigenvalue weighted by molar-refractivity contribution is -0.138. The largest absolute Gasteiger partial charge is 0.480 e. The molecule has 0 spiro atoms. The van der Waals surface area contributed by atoms with Gasteiger partial charge in [0.15, 0.2) is 0 Å². The van der Waals surface area contributed by atoms with Crippen LogP contribution >= 0.6 is 0 Å². The molecule has 0 bridgehead atoms. The van der Waals surface area contributed by atoms with Crippen LogP contribution < -0.4 is 11.1 Å². The topological polar surface area (TPSA) is 105 Å². The Kier molecular flexibility index (Phi) is 6.58. The number of carbonyl (C=O) groups excluding carboxylic acids is 1. The molecule has 1 atom stereocenters. The minimum absolute atomic E-state index is 0.191. The summed E-state index contributed by atoms with van der Waals surface area (Å²) in [6.45, 7) is 2.48. The van der Waals surface area contributed by atoms with Gasteiger partial charge in [0, 0.05) is 33.4 Å². The van der Waals surface area contributed by atoms with Crippen LogP contribution in [0.3, 0.4) is 0 Å². The second-order valence-electron chi connectivity index (χ2n) is 4.90. The van der Waals surface area contributed by atoms with E-state index in [0.29, 0.717) is 12.5 Å². The second kappa shape index (κ2) is 7.96. The Balaban J connectivity index is 2.19. The van der Waals surface area contributed by atoms with Crippen LogP contribution in [0.4, 0.5) is 4.79 Å². The molecule has 0 aliphatic carbocycles. The fraction of sp³-hybridized carbons (Fsp3) is 0.833. The predicted molar refractivity (Wildman–Crippen MR) is 69.8 cm³/mol. The first kappa shape index (κ1) is 15.7. The van der Waals surface area contributed by atoms with E-state index in [1.807, 2.05) is 0 Å². The molecule has 1 heterocycles. The molecule has 0 unspecified atom stereocenters. The van der Waals surface area contributed by atoms with Crippen molar-refractivity contribution in [1.82, 2.24) is 10.2 Å². The molecule has 1 rings (SSSR count). The third-order valence-electron chi connectivity index (χ3n) is 3.27. The Morgan fingerprint density at radius 2 is 2.11 bits per heavy atom. The van der Waals surface area contributed by atoms with Gasteiger partial charge in [-0.15, -0.1) is 0 Å². The quantitative estimate of drug-likeness (QED) is 0.624. The van der Waals surface area contributed by atoms with E-state index in [-0.39, 0.29) is 19.0 Å². The van der Waals surface area contributed by atoms with E-state index in [9.17, 15) is 9.59 Å². The van der Waals surface area contributed by atoms with Gasteiger partial charge in [-0.25, -0.2) is 4.79 Å². The summed E-state index contributed by atoms with van der Waals surface area (Å²) in [5.41, 5.74) is 5.35. The predicted octanol–water partition coefficient (Wildman–Crippen LogP) is -0.144. The van der Waals surface area contributed by atoms with Crippen LogP contribution in [-0.2, 0) is 9.53 Å². The number of nitrogens with one attached hydrogen (secondary N) is 1. The molecule has 19 heavy (non-hydrogen) atoms. The fourth-order valence-electron chi connectivity index (χ4n) is 1.99. The average molecular weight is 273 g/mol. The van der Waals surface area contributed by atoms with E-state index in [1.54, 1.807) is 11.9 Å². The highest BCUT2D eigenvalue weighted by atomic mass is 16.5. The third kappa shape index (κ3) is 5.89. The first-order valence-electron chi connectivity index (χ1n) is 6.55. The van der Waals surface area contributed by atoms with Gasteiger partial charge in [-0.05, 0) is 25.2 Å². The Labute approximate surface area is 113 Å². The highest BCUT2D eigenvalue weighted by Gasteiger charge is 2.18. The van der Waals surface area contributed by atoms with Crippen LogP contribution in [0.2, 0.25) is 0 Å². The second-order valence-corrected chi connectivity index (χ2v) is 4.90. The summed E-state index contributed by atoms with van der Waals surface area (Å²) < 4.78 is 5.27. The number of carboxylic acid groups (broad SMARTS) is 1. The van der Waals surface area contributed by atoms with Crippen molar-refractivity contribution in [3.05, 3.63) is 0 Å². The molecule has 0 aromatic heterocycles. The third-order valence-corrected chi connectivity index (χ3v) is 3.27. The molecule has 0 aromatic rings. The maximum absolute atomic E-state index is 11.8. The number of carboxylic acids is 1. The van der Waals surface area contributed by atoms with Gasteiger partial charge in [-0.1, -0.05) is 0 Å². The van der Waals surface area contributed by atoms with Gasteiger partial charge in [0.25, 0.3) is 0 Å². The van der Waals surface area contributed by atoms with Crippen LogP contribution in [0.1, 0.15) is 19.3 Å². The van der Waals surface area contributed by atoms with Gasteiger partial charge in [0.2, 0.25) is 0 Å². The van der Waals surface area contributed by atoms with E-state index < -0.39 is 12.0 Å². The van der Waals surface area contributed by atoms with Crippen molar-refractivity contribution in [1.29, 1.82) is 0 Å². The SMILES string of the molecule is CN(CC1CCOCC1)C(=O)NCC[C@H](N)C(=O)O. The van der Waals surface area contributed by atoms with Gasteiger partial charge in [-0.2, -0.15) is 0 Å². The zero-order chi connectivity index (χ0) is 14.3. The monoisotopic (exact) mass is 273 g/mol. The number of hydrogen-bond acceptors (Lipinski definition) is 4. The number of rotatable bonds is 6. The molecule has 1 aliphatic heterocycles. The van der Waals surface area contributed by atoms with Crippen molar-refractivity contribution in [2.75, 3.05) is 33.4 Å². The fourth-order valence-corrected chi connectivity index (χ4v) is 1.99. The summed E-state index contributed by atoms with van der Waals surface area (Å²) in [5, 5.41) is 11.3. The molecular formula is C12H23N3O4. The Bertz CT molecular complexity index is 305. The molecule has 1 aliphatic rings. The van der Waals surface area contributed by atoms with Crippen molar-refractivity contribution in [3.8, 4) is 0 Å². The highest BCUT2D eigenvalue weighted by molar-refractivity contribution is 5.74. The molecule has 0 aromatic carbocycles. The number of aliphatic carboxylic acids is 1. The minimum Gasteiger partial charge on any atom is -0.480 e. The first-order valence-corrected chi connectivity index (χ1v) is 6.55. The Hall–Kier alpha value is -1.34. The number of amides is 2. The summed E-state index contributed by atoms with van der Waals surface area (Å²) in [6, 6.07) is -1.12. The van der Waals surface area contributed by atoms with Crippen LogP contribution in [0.15, 0.2) is 0 Å². The minimum atomic E-state index is -1.05. The van der Waals surface area contributed by atoms with E-state index >= 15 is 0 Å². The summed E-state index contributed by atoms with van der Waals surface area (Å²) in [4.78, 5) is 23.9. The number of nitrogens with zero attached hydrogens (tertiary/aromatic N) is 1. The number of urea groups is 1. The van der Waals surface area contributed by atoms with Gasteiger partial charge in [-0.3, -0.25) is 4.79 Å². The molecule has 7 nitrogen and oxygen atoms in total. The van der Waals surface area contributed by atoms with E-state index in [4.69, 9.17) is 15.6 Å². The van der Waals surface area contributed by atoms with Gasteiger partial charge >= 0.3 is 12.0 Å². The van der Waals surface area contributed by atoms with Crippen molar-refractivity contribution < 1.29 is 19.4 Å². The van der Waals surface area contributed by atoms with Gasteiger partial charge in [0.05, 0.1) is 0 Å². The number of nitrogens with two attached hydrogens (primary N) is 1. The van der Waals surface area contributed by atoms with Crippen LogP contribution in [-0.4, -0.2) is 61.4 Å². The maximum Gasteiger partial charge on any atom is 0.320 e. The molecular weight excluding hydrogens is 250 g/mol. The molecule has 7 heteroatoms. The van der Waals surface area contributed by atoms with E-state index in [0.717, 1.165) is 26.1 Å². The number of ether oxygens (including phenoxy) is 1. The summed E-state index contributed by atoms with van der Waals surface area (Å²) in [7, 11) is 1.74. The Morgan fingerprint density at radius 1 is 1.47 bits per heavy atom. The van der Waals surface area contributed by atoms with Crippen LogP contribution in [0.25, 0.3) is 0 Å². The molecule has 1 saturated heterocycles. The standard InChI is InChI=1S/C12H23N3O4/c1-15(8-9-3-6-19-7-4-9)12(18)14-5-2-10(13)11(16)17/h9-10H,2-8,13H2,1H3,(H,14,18)(H,16,17)/t10-/m0/s1. The van der Waals surface area contributed by atoms with E-state index in [1.165, 1.54) is 0 Å². The maximum atomic E-state index is 11.8. The van der Waals surface area contributed by atoms with E-state index in [2.05, 4.69) is 5.32 Å². The lowest BCUT2D eigenvalue weighted by Crippen LogP contribution is -2.43. The Morgan fingerprint density at radius 3 is 2.68 bits per heavy atom. The smallest absolute Gasteiger partial charge is 0.320 e. The van der Waals surface area contributed by atoms with Crippen molar-refractivity contribution in [3.63, 3.8) is 0 Å². The molecule has 4 N–H and O–H groups in total. The zero-order valence-electron chi connectivity index (χ0n) is 11.3.